The van der Waals surface area contributed by atoms with Crippen LogP contribution in [0.3, 0.4) is 0 Å². The molecule has 0 unspecified atom stereocenters. The van der Waals surface area contributed by atoms with E-state index in [-0.39, 0.29) is 5.97 Å². The number of esters is 1. The van der Waals surface area contributed by atoms with Crippen LogP contribution >= 0.6 is 0 Å². The van der Waals surface area contributed by atoms with Crippen molar-refractivity contribution < 1.29 is 19.0 Å². The first-order chi connectivity index (χ1) is 7.13. The predicted octanol–water partition coefficient (Wildman–Crippen LogP) is 1.63. The van der Waals surface area contributed by atoms with Gasteiger partial charge in [-0.15, -0.1) is 0 Å². The molecule has 0 rings (SSSR count). The highest BCUT2D eigenvalue weighted by Gasteiger charge is 1.95. The van der Waals surface area contributed by atoms with Crippen LogP contribution in [0, 0.1) is 5.92 Å². The third-order valence-corrected chi connectivity index (χ3v) is 1.74. The molecule has 90 valence electrons. The summed E-state index contributed by atoms with van der Waals surface area (Å²) in [5.74, 6) is 0.404. The molecule has 0 aliphatic carbocycles. The van der Waals surface area contributed by atoms with Crippen molar-refractivity contribution in [3.63, 3.8) is 0 Å². The quantitative estimate of drug-likeness (QED) is 0.436. The van der Waals surface area contributed by atoms with Gasteiger partial charge in [0.25, 0.3) is 0 Å². The van der Waals surface area contributed by atoms with Gasteiger partial charge in [0, 0.05) is 13.5 Å². The fourth-order valence-electron chi connectivity index (χ4n) is 0.885. The van der Waals surface area contributed by atoms with Crippen molar-refractivity contribution in [3.05, 3.63) is 0 Å². The minimum absolute atomic E-state index is 0.271. The van der Waals surface area contributed by atoms with Gasteiger partial charge >= 0.3 is 5.97 Å². The van der Waals surface area contributed by atoms with E-state index < -0.39 is 0 Å². The summed E-state index contributed by atoms with van der Waals surface area (Å²) in [6, 6.07) is 0. The molecule has 0 saturated carbocycles. The van der Waals surface area contributed by atoms with Crippen LogP contribution in [0.25, 0.3) is 0 Å². The average Bonchev–Trinajstić information content (AvgIpc) is 2.14. The summed E-state index contributed by atoms with van der Waals surface area (Å²) >= 11 is 0. The largest absolute Gasteiger partial charge is 0.463 e. The fraction of sp³-hybridized carbons (Fsp3) is 0.909. The van der Waals surface area contributed by atoms with Crippen molar-refractivity contribution in [1.29, 1.82) is 0 Å². The molecule has 4 nitrogen and oxygen atoms in total. The van der Waals surface area contributed by atoms with Crippen LogP contribution in [0.4, 0.5) is 0 Å². The second-order valence-electron chi connectivity index (χ2n) is 3.75. The van der Waals surface area contributed by atoms with Crippen LogP contribution in [0.1, 0.15) is 27.2 Å². The molecule has 0 aromatic carbocycles. The molecule has 0 saturated heterocycles. The second-order valence-corrected chi connectivity index (χ2v) is 3.75. The second kappa shape index (κ2) is 9.93. The molecule has 0 atom stereocenters. The zero-order valence-electron chi connectivity index (χ0n) is 9.95. The summed E-state index contributed by atoms with van der Waals surface area (Å²) < 4.78 is 15.2. The molecule has 0 aliphatic heterocycles. The third kappa shape index (κ3) is 13.4. The normalized spacial score (nSPS) is 10.7. The molecule has 0 amide bonds. The molecule has 0 heterocycles. The zero-order valence-corrected chi connectivity index (χ0v) is 9.95. The summed E-state index contributed by atoms with van der Waals surface area (Å²) in [6.07, 6.45) is 1.08. The molecule has 0 fully saturated rings. The summed E-state index contributed by atoms with van der Waals surface area (Å²) in [6.45, 7) is 8.42. The van der Waals surface area contributed by atoms with Gasteiger partial charge in [-0.05, 0) is 12.3 Å². The third-order valence-electron chi connectivity index (χ3n) is 1.74. The van der Waals surface area contributed by atoms with E-state index in [0.29, 0.717) is 32.3 Å². The van der Waals surface area contributed by atoms with Gasteiger partial charge in [-0.2, -0.15) is 0 Å². The number of ether oxygens (including phenoxy) is 3. The molecule has 15 heavy (non-hydrogen) atoms. The lowest BCUT2D eigenvalue weighted by atomic mass is 10.1. The van der Waals surface area contributed by atoms with Gasteiger partial charge in [0.05, 0.1) is 19.8 Å². The zero-order chi connectivity index (χ0) is 11.5. The van der Waals surface area contributed by atoms with Crippen LogP contribution < -0.4 is 0 Å². The lowest BCUT2D eigenvalue weighted by molar-refractivity contribution is -0.142. The van der Waals surface area contributed by atoms with Crippen LogP contribution in [0.15, 0.2) is 0 Å². The van der Waals surface area contributed by atoms with Crippen molar-refractivity contribution >= 4 is 5.97 Å². The molecule has 0 spiro atoms. The Balaban J connectivity index is 2.96. The summed E-state index contributed by atoms with van der Waals surface area (Å²) in [4.78, 5) is 10.4. The van der Waals surface area contributed by atoms with E-state index in [2.05, 4.69) is 13.8 Å². The summed E-state index contributed by atoms with van der Waals surface area (Å²) in [5.41, 5.74) is 0. The van der Waals surface area contributed by atoms with Gasteiger partial charge in [-0.3, -0.25) is 4.79 Å². The first-order valence-corrected chi connectivity index (χ1v) is 5.41. The number of hydrogen-bond donors (Lipinski definition) is 0. The Labute approximate surface area is 91.9 Å². The first-order valence-electron chi connectivity index (χ1n) is 5.41. The number of rotatable bonds is 9. The minimum atomic E-state index is -0.271. The Morgan fingerprint density at radius 3 is 2.07 bits per heavy atom. The van der Waals surface area contributed by atoms with E-state index in [1.807, 2.05) is 0 Å². The van der Waals surface area contributed by atoms with E-state index in [1.54, 1.807) is 0 Å². The highest BCUT2D eigenvalue weighted by atomic mass is 16.6. The van der Waals surface area contributed by atoms with Crippen molar-refractivity contribution in [2.75, 3.05) is 33.0 Å². The molecule has 0 aromatic heterocycles. The molecule has 0 aromatic rings. The Morgan fingerprint density at radius 1 is 1.00 bits per heavy atom. The Morgan fingerprint density at radius 2 is 1.53 bits per heavy atom. The highest BCUT2D eigenvalue weighted by molar-refractivity contribution is 5.65. The predicted molar refractivity (Wildman–Crippen MR) is 57.7 cm³/mol. The smallest absolute Gasteiger partial charge is 0.302 e. The molecular formula is C11H22O4. The molecule has 0 N–H and O–H groups in total. The molecular weight excluding hydrogens is 196 g/mol. The average molecular weight is 218 g/mol. The monoisotopic (exact) mass is 218 g/mol. The summed E-state index contributed by atoms with van der Waals surface area (Å²) in [5, 5.41) is 0. The Bertz CT molecular complexity index is 157. The number of hydrogen-bond acceptors (Lipinski definition) is 4. The number of carbonyl (C=O) groups excluding carboxylic acids is 1. The maximum absolute atomic E-state index is 10.4. The van der Waals surface area contributed by atoms with E-state index in [9.17, 15) is 4.79 Å². The summed E-state index contributed by atoms with van der Waals surface area (Å²) in [7, 11) is 0. The van der Waals surface area contributed by atoms with E-state index in [1.165, 1.54) is 6.92 Å². The van der Waals surface area contributed by atoms with Gasteiger partial charge in [0.2, 0.25) is 0 Å². The SMILES string of the molecule is CC(=O)OCCOCCOCCC(C)C. The van der Waals surface area contributed by atoms with Gasteiger partial charge in [0.1, 0.15) is 6.61 Å². The Kier molecular flexibility index (Phi) is 9.52. The van der Waals surface area contributed by atoms with Gasteiger partial charge in [-0.25, -0.2) is 0 Å². The van der Waals surface area contributed by atoms with Crippen LogP contribution in [-0.4, -0.2) is 39.0 Å². The van der Waals surface area contributed by atoms with E-state index >= 15 is 0 Å². The maximum atomic E-state index is 10.4. The Hall–Kier alpha value is -0.610. The van der Waals surface area contributed by atoms with Crippen molar-refractivity contribution in [2.45, 2.75) is 27.2 Å². The molecule has 0 radical (unpaired) electrons. The fourth-order valence-corrected chi connectivity index (χ4v) is 0.885. The maximum Gasteiger partial charge on any atom is 0.302 e. The topological polar surface area (TPSA) is 44.8 Å². The van der Waals surface area contributed by atoms with E-state index in [0.717, 1.165) is 13.0 Å². The minimum Gasteiger partial charge on any atom is -0.463 e. The van der Waals surface area contributed by atoms with Crippen molar-refractivity contribution in [3.8, 4) is 0 Å². The van der Waals surface area contributed by atoms with Crippen molar-refractivity contribution in [1.82, 2.24) is 0 Å². The standard InChI is InChI=1S/C11H22O4/c1-10(2)4-5-13-6-7-14-8-9-15-11(3)12/h10H,4-9H2,1-3H3. The van der Waals surface area contributed by atoms with Crippen molar-refractivity contribution in [2.24, 2.45) is 5.92 Å². The first kappa shape index (κ1) is 14.4. The lowest BCUT2D eigenvalue weighted by Crippen LogP contribution is -2.11. The van der Waals surface area contributed by atoms with Gasteiger partial charge in [0.15, 0.2) is 0 Å². The van der Waals surface area contributed by atoms with Gasteiger partial charge in [-0.1, -0.05) is 13.8 Å². The van der Waals surface area contributed by atoms with Crippen LogP contribution in [-0.2, 0) is 19.0 Å². The van der Waals surface area contributed by atoms with Crippen LogP contribution in [0.2, 0.25) is 0 Å². The van der Waals surface area contributed by atoms with Gasteiger partial charge < -0.3 is 14.2 Å². The number of carbonyl (C=O) groups is 1. The van der Waals surface area contributed by atoms with Crippen LogP contribution in [0.5, 0.6) is 0 Å². The molecule has 4 heteroatoms. The lowest BCUT2D eigenvalue weighted by Gasteiger charge is -2.07. The molecule has 0 aliphatic rings. The molecule has 0 bridgehead atoms. The van der Waals surface area contributed by atoms with E-state index in [4.69, 9.17) is 14.2 Å². The highest BCUT2D eigenvalue weighted by Crippen LogP contribution is 1.98.